The average molecular weight is 521 g/mol. The summed E-state index contributed by atoms with van der Waals surface area (Å²) in [6.07, 6.45) is 2.64. The van der Waals surface area contributed by atoms with E-state index in [1.165, 1.54) is 6.08 Å². The summed E-state index contributed by atoms with van der Waals surface area (Å²) in [5.74, 6) is -0.103. The first kappa shape index (κ1) is 26.4. The van der Waals surface area contributed by atoms with Crippen LogP contribution in [-0.4, -0.2) is 35.5 Å². The Morgan fingerprint density at radius 1 is 1.15 bits per heavy atom. The maximum absolute atomic E-state index is 12.8. The Hall–Kier alpha value is -2.88. The van der Waals surface area contributed by atoms with Gasteiger partial charge < -0.3 is 14.6 Å². The number of halogens is 1. The minimum absolute atomic E-state index is 0.105. The van der Waals surface area contributed by atoms with Crippen LogP contribution < -0.4 is 15.5 Å². The SMILES string of the molecule is CC(C)(CC/C=C/C(=O)NO)[C@H](OC(=O)Nc1ccc(Br)cc1)c1ccccc1OCCO. The summed E-state index contributed by atoms with van der Waals surface area (Å²) in [4.78, 5) is 24.0. The molecule has 0 aliphatic carbocycles. The number of carbonyl (C=O) groups excluding carboxylic acids is 2. The molecule has 0 saturated carbocycles. The smallest absolute Gasteiger partial charge is 0.412 e. The van der Waals surface area contributed by atoms with Gasteiger partial charge in [0.15, 0.2) is 0 Å². The third-order valence-electron chi connectivity index (χ3n) is 4.91. The van der Waals surface area contributed by atoms with E-state index in [2.05, 4.69) is 21.2 Å². The number of para-hydroxylation sites is 1. The zero-order valence-electron chi connectivity index (χ0n) is 18.6. The molecule has 0 aliphatic heterocycles. The highest BCUT2D eigenvalue weighted by Crippen LogP contribution is 2.44. The summed E-state index contributed by atoms with van der Waals surface area (Å²) in [6.45, 7) is 3.86. The van der Waals surface area contributed by atoms with Crippen LogP contribution in [-0.2, 0) is 9.53 Å². The van der Waals surface area contributed by atoms with Crippen molar-refractivity contribution < 1.29 is 29.4 Å². The number of hydroxylamine groups is 1. The van der Waals surface area contributed by atoms with E-state index in [-0.39, 0.29) is 13.2 Å². The van der Waals surface area contributed by atoms with Crippen LogP contribution in [0.5, 0.6) is 5.75 Å². The van der Waals surface area contributed by atoms with Crippen LogP contribution in [0.3, 0.4) is 0 Å². The molecule has 178 valence electrons. The highest BCUT2D eigenvalue weighted by Gasteiger charge is 2.35. The molecular formula is C24H29BrN2O6. The van der Waals surface area contributed by atoms with Crippen LogP contribution in [0.4, 0.5) is 10.5 Å². The van der Waals surface area contributed by atoms with E-state index < -0.39 is 23.5 Å². The number of hydrogen-bond acceptors (Lipinski definition) is 6. The minimum Gasteiger partial charge on any atom is -0.491 e. The lowest BCUT2D eigenvalue weighted by Gasteiger charge is -2.35. The van der Waals surface area contributed by atoms with Gasteiger partial charge in [-0.1, -0.05) is 54.1 Å². The fraction of sp³-hybridized carbons (Fsp3) is 0.333. The van der Waals surface area contributed by atoms with Crippen molar-refractivity contribution in [1.82, 2.24) is 5.48 Å². The van der Waals surface area contributed by atoms with E-state index in [0.717, 1.165) is 4.47 Å². The molecule has 2 aromatic carbocycles. The Labute approximate surface area is 201 Å². The highest BCUT2D eigenvalue weighted by atomic mass is 79.9. The van der Waals surface area contributed by atoms with Gasteiger partial charge in [0.2, 0.25) is 0 Å². The maximum Gasteiger partial charge on any atom is 0.412 e. The largest absolute Gasteiger partial charge is 0.491 e. The van der Waals surface area contributed by atoms with Crippen molar-refractivity contribution in [3.63, 3.8) is 0 Å². The van der Waals surface area contributed by atoms with Crippen molar-refractivity contribution in [3.8, 4) is 5.75 Å². The molecule has 0 unspecified atom stereocenters. The van der Waals surface area contributed by atoms with Crippen molar-refractivity contribution >= 4 is 33.6 Å². The fourth-order valence-electron chi connectivity index (χ4n) is 3.23. The predicted octanol–water partition coefficient (Wildman–Crippen LogP) is 4.98. The second kappa shape index (κ2) is 13.0. The van der Waals surface area contributed by atoms with E-state index in [9.17, 15) is 14.7 Å². The summed E-state index contributed by atoms with van der Waals surface area (Å²) in [6, 6.07) is 14.3. The van der Waals surface area contributed by atoms with Crippen molar-refractivity contribution in [2.75, 3.05) is 18.5 Å². The number of allylic oxidation sites excluding steroid dienone is 1. The molecule has 2 aromatic rings. The van der Waals surface area contributed by atoms with E-state index >= 15 is 0 Å². The molecule has 0 aromatic heterocycles. The van der Waals surface area contributed by atoms with Gasteiger partial charge >= 0.3 is 6.09 Å². The Morgan fingerprint density at radius 2 is 1.85 bits per heavy atom. The second-order valence-electron chi connectivity index (χ2n) is 7.93. The van der Waals surface area contributed by atoms with Gasteiger partial charge in [-0.2, -0.15) is 0 Å². The van der Waals surface area contributed by atoms with Gasteiger partial charge in [0.25, 0.3) is 5.91 Å². The summed E-state index contributed by atoms with van der Waals surface area (Å²) < 4.78 is 12.5. The van der Waals surface area contributed by atoms with Gasteiger partial charge in [-0.25, -0.2) is 10.3 Å². The van der Waals surface area contributed by atoms with Gasteiger partial charge in [0.05, 0.1) is 6.61 Å². The number of anilines is 1. The molecule has 0 bridgehead atoms. The normalized spacial score (nSPS) is 12.3. The fourth-order valence-corrected chi connectivity index (χ4v) is 3.49. The number of hydrogen-bond donors (Lipinski definition) is 4. The zero-order chi connectivity index (χ0) is 24.3. The van der Waals surface area contributed by atoms with Crippen LogP contribution in [0.15, 0.2) is 65.2 Å². The van der Waals surface area contributed by atoms with Crippen molar-refractivity contribution in [2.45, 2.75) is 32.8 Å². The van der Waals surface area contributed by atoms with Gasteiger partial charge in [-0.15, -0.1) is 0 Å². The molecule has 9 heteroatoms. The van der Waals surface area contributed by atoms with Crippen LogP contribution in [0, 0.1) is 5.41 Å². The highest BCUT2D eigenvalue weighted by molar-refractivity contribution is 9.10. The number of aliphatic hydroxyl groups is 1. The third kappa shape index (κ3) is 8.53. The van der Waals surface area contributed by atoms with Crippen LogP contribution >= 0.6 is 15.9 Å². The third-order valence-corrected chi connectivity index (χ3v) is 5.44. The molecule has 0 spiro atoms. The van der Waals surface area contributed by atoms with Crippen molar-refractivity contribution in [2.24, 2.45) is 5.41 Å². The molecule has 0 saturated heterocycles. The molecule has 2 rings (SSSR count). The second-order valence-corrected chi connectivity index (χ2v) is 8.85. The summed E-state index contributed by atoms with van der Waals surface area (Å²) in [5, 5.41) is 20.5. The van der Waals surface area contributed by atoms with Crippen molar-refractivity contribution in [1.29, 1.82) is 0 Å². The molecule has 2 amide bonds. The Balaban J connectivity index is 2.27. The number of carbonyl (C=O) groups is 2. The van der Waals surface area contributed by atoms with E-state index in [0.29, 0.717) is 29.8 Å². The molecule has 0 radical (unpaired) electrons. The summed E-state index contributed by atoms with van der Waals surface area (Å²) in [5.41, 5.74) is 2.24. The standard InChI is InChI=1S/C24H29BrN2O6/c1-24(2,14-6-5-9-21(29)27-31)22(19-7-3-4-8-20(19)32-16-15-28)33-23(30)26-18-12-10-17(25)11-13-18/h3-5,7-13,22,28,31H,6,14-16H2,1-2H3,(H,26,30)(H,27,29)/b9-5+/t22-/m1/s1. The van der Waals surface area contributed by atoms with Gasteiger partial charge in [0, 0.05) is 27.2 Å². The van der Waals surface area contributed by atoms with Gasteiger partial charge in [-0.05, 0) is 43.2 Å². The Bertz CT molecular complexity index is 946. The Kier molecular flexibility index (Phi) is 10.4. The molecule has 4 N–H and O–H groups in total. The summed E-state index contributed by atoms with van der Waals surface area (Å²) in [7, 11) is 0. The minimum atomic E-state index is -0.692. The molecule has 33 heavy (non-hydrogen) atoms. The quantitative estimate of drug-likeness (QED) is 0.188. The summed E-state index contributed by atoms with van der Waals surface area (Å²) >= 11 is 3.36. The number of rotatable bonds is 11. The topological polar surface area (TPSA) is 117 Å². The number of amides is 2. The number of benzene rings is 2. The number of ether oxygens (including phenoxy) is 2. The molecule has 8 nitrogen and oxygen atoms in total. The molecule has 0 aliphatic rings. The van der Waals surface area contributed by atoms with Gasteiger partial charge in [0.1, 0.15) is 18.5 Å². The Morgan fingerprint density at radius 3 is 2.52 bits per heavy atom. The van der Waals surface area contributed by atoms with E-state index in [1.807, 2.05) is 38.1 Å². The first-order valence-corrected chi connectivity index (χ1v) is 11.2. The predicted molar refractivity (Wildman–Crippen MR) is 128 cm³/mol. The average Bonchev–Trinajstić information content (AvgIpc) is 2.80. The molecule has 1 atom stereocenters. The molecule has 0 fully saturated rings. The van der Waals surface area contributed by atoms with Gasteiger partial charge in [-0.3, -0.25) is 15.3 Å². The van der Waals surface area contributed by atoms with Crippen LogP contribution in [0.1, 0.15) is 38.4 Å². The van der Waals surface area contributed by atoms with Crippen LogP contribution in [0.25, 0.3) is 0 Å². The molecule has 0 heterocycles. The molecular weight excluding hydrogens is 492 g/mol. The first-order valence-electron chi connectivity index (χ1n) is 10.4. The van der Waals surface area contributed by atoms with Crippen LogP contribution in [0.2, 0.25) is 0 Å². The van der Waals surface area contributed by atoms with Crippen molar-refractivity contribution in [3.05, 3.63) is 70.7 Å². The number of nitrogens with one attached hydrogen (secondary N) is 2. The first-order chi connectivity index (χ1) is 15.8. The van der Waals surface area contributed by atoms with E-state index in [1.54, 1.807) is 35.8 Å². The maximum atomic E-state index is 12.8. The number of aliphatic hydroxyl groups excluding tert-OH is 1. The lowest BCUT2D eigenvalue weighted by atomic mass is 9.78. The lowest BCUT2D eigenvalue weighted by molar-refractivity contribution is -0.124. The van der Waals surface area contributed by atoms with E-state index in [4.69, 9.17) is 14.7 Å². The zero-order valence-corrected chi connectivity index (χ0v) is 20.2. The lowest BCUT2D eigenvalue weighted by Crippen LogP contribution is -2.29. The monoisotopic (exact) mass is 520 g/mol.